The van der Waals surface area contributed by atoms with Gasteiger partial charge in [-0.2, -0.15) is 0 Å². The highest BCUT2D eigenvalue weighted by atomic mass is 16.5. The van der Waals surface area contributed by atoms with Gasteiger partial charge in [0.05, 0.1) is 0 Å². The molecule has 2 heteroatoms. The van der Waals surface area contributed by atoms with E-state index in [2.05, 4.69) is 12.1 Å². The zero-order valence-electron chi connectivity index (χ0n) is 7.53. The Balaban J connectivity index is 1.87. The SMILES string of the molecule is Nc1ccc(Oc2cc3ccc2=3)cc1. The van der Waals surface area contributed by atoms with Gasteiger partial charge in [0.2, 0.25) is 0 Å². The van der Waals surface area contributed by atoms with E-state index in [-0.39, 0.29) is 0 Å². The van der Waals surface area contributed by atoms with Crippen LogP contribution in [0.3, 0.4) is 0 Å². The Morgan fingerprint density at radius 3 is 2.21 bits per heavy atom. The predicted octanol–water partition coefficient (Wildman–Crippen LogP) is 2.66. The van der Waals surface area contributed by atoms with Crippen molar-refractivity contribution in [3.05, 3.63) is 52.9 Å². The molecule has 0 aliphatic heterocycles. The molecule has 2 aliphatic carbocycles. The summed E-state index contributed by atoms with van der Waals surface area (Å²) in [5.41, 5.74) is 6.33. The average Bonchev–Trinajstić information content (AvgIpc) is 2.16. The highest BCUT2D eigenvalue weighted by Crippen LogP contribution is 2.29. The number of hydrogen-bond donors (Lipinski definition) is 1. The molecule has 1 aromatic rings. The fourth-order valence-corrected chi connectivity index (χ4v) is 1.50. The normalized spacial score (nSPS) is 11.1. The molecule has 2 nitrogen and oxygen atoms in total. The second kappa shape index (κ2) is 2.51. The number of nitrogen functional groups attached to an aromatic ring is 1. The van der Waals surface area contributed by atoms with E-state index >= 15 is 0 Å². The lowest BCUT2D eigenvalue weighted by Gasteiger charge is -2.12. The summed E-state index contributed by atoms with van der Waals surface area (Å²) in [6.45, 7) is 0. The van der Waals surface area contributed by atoms with E-state index in [1.54, 1.807) is 0 Å². The molecule has 0 saturated heterocycles. The molecule has 0 amide bonds. The topological polar surface area (TPSA) is 35.2 Å². The summed E-state index contributed by atoms with van der Waals surface area (Å²) in [5.74, 6) is 1.78. The molecule has 0 aromatic heterocycles. The third kappa shape index (κ3) is 0.973. The lowest BCUT2D eigenvalue weighted by Crippen LogP contribution is -1.94. The molecular formula is C12H9NO. The van der Waals surface area contributed by atoms with Crippen molar-refractivity contribution in [1.29, 1.82) is 0 Å². The molecule has 2 N–H and O–H groups in total. The Labute approximate surface area is 81.2 Å². The standard InChI is InChI=1S/C12H9NO/c13-9-2-4-10(5-3-9)14-12-7-8-1-6-11(8)12/h1-7H,13H2. The number of anilines is 1. The van der Waals surface area contributed by atoms with Crippen LogP contribution in [0.1, 0.15) is 0 Å². The molecule has 0 fully saturated rings. The second-order valence-corrected chi connectivity index (χ2v) is 3.38. The van der Waals surface area contributed by atoms with E-state index in [9.17, 15) is 0 Å². The number of hydrogen-bond acceptors (Lipinski definition) is 2. The van der Waals surface area contributed by atoms with Crippen LogP contribution in [0.4, 0.5) is 5.69 Å². The van der Waals surface area contributed by atoms with Crippen LogP contribution < -0.4 is 10.5 Å². The van der Waals surface area contributed by atoms with Gasteiger partial charge in [-0.25, -0.2) is 0 Å². The van der Waals surface area contributed by atoms with Crippen molar-refractivity contribution < 1.29 is 4.74 Å². The molecule has 0 heterocycles. The van der Waals surface area contributed by atoms with Gasteiger partial charge < -0.3 is 10.5 Å². The summed E-state index contributed by atoms with van der Waals surface area (Å²) in [5, 5.41) is 2.51. The van der Waals surface area contributed by atoms with E-state index in [1.807, 2.05) is 30.3 Å². The smallest absolute Gasteiger partial charge is 0.135 e. The summed E-state index contributed by atoms with van der Waals surface area (Å²) < 4.78 is 5.64. The summed E-state index contributed by atoms with van der Waals surface area (Å²) in [7, 11) is 0. The largest absolute Gasteiger partial charge is 0.457 e. The quantitative estimate of drug-likeness (QED) is 0.620. The van der Waals surface area contributed by atoms with E-state index < -0.39 is 0 Å². The van der Waals surface area contributed by atoms with Crippen molar-refractivity contribution >= 4 is 5.69 Å². The van der Waals surface area contributed by atoms with Crippen molar-refractivity contribution in [3.8, 4) is 11.5 Å². The molecular weight excluding hydrogens is 174 g/mol. The van der Waals surface area contributed by atoms with E-state index in [0.717, 1.165) is 17.2 Å². The van der Waals surface area contributed by atoms with Crippen molar-refractivity contribution in [3.63, 3.8) is 0 Å². The van der Waals surface area contributed by atoms with Crippen LogP contribution in [0, 0.1) is 10.4 Å². The van der Waals surface area contributed by atoms with Gasteiger partial charge in [0.25, 0.3) is 0 Å². The Bertz CT molecular complexity index is 572. The van der Waals surface area contributed by atoms with E-state index in [1.165, 1.54) is 10.4 Å². The lowest BCUT2D eigenvalue weighted by molar-refractivity contribution is 0.473. The van der Waals surface area contributed by atoms with Gasteiger partial charge >= 0.3 is 0 Å². The van der Waals surface area contributed by atoms with Gasteiger partial charge in [0.1, 0.15) is 11.5 Å². The monoisotopic (exact) mass is 183 g/mol. The van der Waals surface area contributed by atoms with Gasteiger partial charge in [0.15, 0.2) is 0 Å². The van der Waals surface area contributed by atoms with Crippen molar-refractivity contribution in [1.82, 2.24) is 0 Å². The minimum absolute atomic E-state index is 0.753. The first kappa shape index (κ1) is 7.44. The first-order chi connectivity index (χ1) is 6.83. The number of rotatable bonds is 2. The third-order valence-corrected chi connectivity index (χ3v) is 2.40. The minimum Gasteiger partial charge on any atom is -0.457 e. The van der Waals surface area contributed by atoms with Gasteiger partial charge in [-0.15, -0.1) is 0 Å². The van der Waals surface area contributed by atoms with Crippen LogP contribution in [0.5, 0.6) is 11.5 Å². The molecule has 3 rings (SSSR count). The lowest BCUT2D eigenvalue weighted by atomic mass is 10.1. The van der Waals surface area contributed by atoms with Gasteiger partial charge in [-0.3, -0.25) is 0 Å². The minimum atomic E-state index is 0.753. The van der Waals surface area contributed by atoms with Crippen LogP contribution in [0.2, 0.25) is 0 Å². The fraction of sp³-hybridized carbons (Fsp3) is 0. The van der Waals surface area contributed by atoms with Crippen molar-refractivity contribution in [2.24, 2.45) is 0 Å². The third-order valence-electron chi connectivity index (χ3n) is 2.40. The van der Waals surface area contributed by atoms with Crippen LogP contribution in [-0.4, -0.2) is 0 Å². The maximum atomic E-state index is 5.64. The molecule has 1 aromatic carbocycles. The Morgan fingerprint density at radius 2 is 1.71 bits per heavy atom. The molecule has 2 aliphatic rings. The van der Waals surface area contributed by atoms with Crippen molar-refractivity contribution in [2.45, 2.75) is 0 Å². The molecule has 14 heavy (non-hydrogen) atoms. The van der Waals surface area contributed by atoms with Crippen LogP contribution >= 0.6 is 0 Å². The first-order valence-electron chi connectivity index (χ1n) is 4.51. The summed E-state index contributed by atoms with van der Waals surface area (Å²) in [6, 6.07) is 13.6. The molecule has 0 radical (unpaired) electrons. The highest BCUT2D eigenvalue weighted by Gasteiger charge is 2.07. The predicted molar refractivity (Wildman–Crippen MR) is 55.0 cm³/mol. The van der Waals surface area contributed by atoms with Crippen LogP contribution in [-0.2, 0) is 0 Å². The molecule has 0 bridgehead atoms. The van der Waals surface area contributed by atoms with Gasteiger partial charge in [-0.1, -0.05) is 12.1 Å². The second-order valence-electron chi connectivity index (χ2n) is 3.38. The van der Waals surface area contributed by atoms with E-state index in [0.29, 0.717) is 0 Å². The Morgan fingerprint density at radius 1 is 0.929 bits per heavy atom. The fourth-order valence-electron chi connectivity index (χ4n) is 1.50. The van der Waals surface area contributed by atoms with Crippen molar-refractivity contribution in [2.75, 3.05) is 5.73 Å². The molecule has 0 saturated carbocycles. The van der Waals surface area contributed by atoms with Crippen LogP contribution in [0.25, 0.3) is 0 Å². The number of ether oxygens (including phenoxy) is 1. The van der Waals surface area contributed by atoms with Gasteiger partial charge in [-0.05, 0) is 35.6 Å². The maximum Gasteiger partial charge on any atom is 0.135 e. The van der Waals surface area contributed by atoms with E-state index in [4.69, 9.17) is 10.5 Å². The summed E-state index contributed by atoms with van der Waals surface area (Å²) >= 11 is 0. The zero-order valence-corrected chi connectivity index (χ0v) is 7.53. The summed E-state index contributed by atoms with van der Waals surface area (Å²) in [6.07, 6.45) is 0. The van der Waals surface area contributed by atoms with Gasteiger partial charge in [0, 0.05) is 10.9 Å². The van der Waals surface area contributed by atoms with Crippen LogP contribution in [0.15, 0.2) is 42.5 Å². The summed E-state index contributed by atoms with van der Waals surface area (Å²) in [4.78, 5) is 0. The average molecular weight is 183 g/mol. The molecule has 68 valence electrons. The molecule has 0 spiro atoms. The number of benzene rings is 2. The number of nitrogens with two attached hydrogens (primary N) is 1. The highest BCUT2D eigenvalue weighted by molar-refractivity contribution is 5.45. The molecule has 0 atom stereocenters. The molecule has 0 unspecified atom stereocenters. The maximum absolute atomic E-state index is 5.64. The Hall–Kier alpha value is -1.96. The zero-order chi connectivity index (χ0) is 9.54. The Kier molecular flexibility index (Phi) is 1.34. The first-order valence-corrected chi connectivity index (χ1v) is 4.51.